The number of nitrogens with one attached hydrogen (secondary N) is 2. The zero-order chi connectivity index (χ0) is 19.4. The van der Waals surface area contributed by atoms with Crippen LogP contribution in [0.15, 0.2) is 18.2 Å². The largest absolute Gasteiger partial charge is 0.352 e. The van der Waals surface area contributed by atoms with Crippen LogP contribution in [-0.2, 0) is 16.1 Å². The molecule has 1 aromatic carbocycles. The summed E-state index contributed by atoms with van der Waals surface area (Å²) in [6.07, 6.45) is 1.27. The lowest BCUT2D eigenvalue weighted by molar-refractivity contribution is -0.125. The molecular formula is C17H19F2N5O2S. The number of hydrogen-bond acceptors (Lipinski definition) is 6. The number of carbonyl (C=O) groups is 2. The summed E-state index contributed by atoms with van der Waals surface area (Å²) >= 11 is 1.20. The highest BCUT2D eigenvalue weighted by Gasteiger charge is 2.26. The van der Waals surface area contributed by atoms with E-state index < -0.39 is 11.6 Å². The summed E-state index contributed by atoms with van der Waals surface area (Å²) in [5.74, 6) is -1.57. The smallest absolute Gasteiger partial charge is 0.243 e. The van der Waals surface area contributed by atoms with E-state index in [1.54, 1.807) is 0 Å². The van der Waals surface area contributed by atoms with Gasteiger partial charge in [-0.05, 0) is 30.5 Å². The summed E-state index contributed by atoms with van der Waals surface area (Å²) in [7, 11) is 0. The third-order valence-corrected chi connectivity index (χ3v) is 5.01. The van der Waals surface area contributed by atoms with E-state index in [0.717, 1.165) is 6.07 Å². The van der Waals surface area contributed by atoms with Gasteiger partial charge in [0.15, 0.2) is 0 Å². The number of aromatic nitrogens is 2. The number of piperidine rings is 1. The third-order valence-electron chi connectivity index (χ3n) is 4.23. The second-order valence-electron chi connectivity index (χ2n) is 6.34. The minimum atomic E-state index is -0.664. The van der Waals surface area contributed by atoms with E-state index in [-0.39, 0.29) is 30.2 Å². The number of benzene rings is 1. The van der Waals surface area contributed by atoms with E-state index in [9.17, 15) is 18.4 Å². The Morgan fingerprint density at radius 1 is 1.22 bits per heavy atom. The molecule has 0 bridgehead atoms. The number of carbonyl (C=O) groups excluding carboxylic acids is 2. The van der Waals surface area contributed by atoms with Gasteiger partial charge in [-0.3, -0.25) is 14.9 Å². The molecule has 144 valence electrons. The zero-order valence-corrected chi connectivity index (χ0v) is 15.5. The molecule has 1 saturated heterocycles. The molecule has 0 spiro atoms. The Hall–Kier alpha value is -2.62. The fourth-order valence-electron chi connectivity index (χ4n) is 2.93. The van der Waals surface area contributed by atoms with Crippen molar-refractivity contribution < 1.29 is 18.4 Å². The summed E-state index contributed by atoms with van der Waals surface area (Å²) in [4.78, 5) is 29.6. The van der Waals surface area contributed by atoms with E-state index in [1.807, 2.05) is 4.90 Å². The summed E-state index contributed by atoms with van der Waals surface area (Å²) < 4.78 is 30.5. The van der Waals surface area contributed by atoms with Crippen molar-refractivity contribution in [1.29, 1.82) is 0 Å². The van der Waals surface area contributed by atoms with Crippen LogP contribution in [0.25, 0.3) is 0 Å². The summed E-state index contributed by atoms with van der Waals surface area (Å²) in [5.41, 5.74) is 0.387. The summed E-state index contributed by atoms with van der Waals surface area (Å²) in [6, 6.07) is 3.20. The molecule has 0 radical (unpaired) electrons. The van der Waals surface area contributed by atoms with Gasteiger partial charge in [-0.2, -0.15) is 9.36 Å². The van der Waals surface area contributed by atoms with Crippen molar-refractivity contribution in [2.24, 2.45) is 5.92 Å². The average molecular weight is 395 g/mol. The van der Waals surface area contributed by atoms with E-state index in [1.165, 1.54) is 30.6 Å². The van der Waals surface area contributed by atoms with Crippen LogP contribution in [0, 0.1) is 17.6 Å². The first-order valence-corrected chi connectivity index (χ1v) is 9.27. The highest BCUT2D eigenvalue weighted by molar-refractivity contribution is 7.09. The molecule has 3 rings (SSSR count). The fourth-order valence-corrected chi connectivity index (χ4v) is 3.61. The lowest BCUT2D eigenvalue weighted by Gasteiger charge is -2.30. The Labute approximate surface area is 159 Å². The van der Waals surface area contributed by atoms with Crippen molar-refractivity contribution in [1.82, 2.24) is 14.7 Å². The van der Waals surface area contributed by atoms with E-state index in [0.29, 0.717) is 36.6 Å². The Morgan fingerprint density at radius 3 is 2.52 bits per heavy atom. The number of rotatable bonds is 5. The summed E-state index contributed by atoms with van der Waals surface area (Å²) in [5, 5.41) is 5.98. The molecule has 1 aromatic heterocycles. The molecule has 10 heteroatoms. The van der Waals surface area contributed by atoms with Crippen LogP contribution >= 0.6 is 11.5 Å². The summed E-state index contributed by atoms with van der Waals surface area (Å²) in [6.45, 7) is 2.76. The first-order chi connectivity index (χ1) is 12.9. The van der Waals surface area contributed by atoms with Crippen LogP contribution < -0.4 is 15.5 Å². The maximum atomic E-state index is 13.2. The predicted octanol–water partition coefficient (Wildman–Crippen LogP) is 2.31. The van der Waals surface area contributed by atoms with Crippen LogP contribution in [0.1, 0.15) is 25.3 Å². The monoisotopic (exact) mass is 395 g/mol. The predicted molar refractivity (Wildman–Crippen MR) is 97.4 cm³/mol. The maximum absolute atomic E-state index is 13.2. The van der Waals surface area contributed by atoms with Crippen molar-refractivity contribution in [3.8, 4) is 0 Å². The molecule has 1 aliphatic rings. The van der Waals surface area contributed by atoms with Gasteiger partial charge in [-0.15, -0.1) is 0 Å². The quantitative estimate of drug-likeness (QED) is 0.811. The van der Waals surface area contributed by atoms with Crippen molar-refractivity contribution in [3.63, 3.8) is 0 Å². The van der Waals surface area contributed by atoms with Crippen molar-refractivity contribution in [2.45, 2.75) is 26.3 Å². The van der Waals surface area contributed by atoms with Gasteiger partial charge in [-0.25, -0.2) is 8.78 Å². The van der Waals surface area contributed by atoms with Gasteiger partial charge < -0.3 is 10.2 Å². The van der Waals surface area contributed by atoms with Gasteiger partial charge in [0.2, 0.25) is 22.9 Å². The second-order valence-corrected chi connectivity index (χ2v) is 7.07. The normalized spacial score (nSPS) is 14.9. The zero-order valence-electron chi connectivity index (χ0n) is 14.7. The molecule has 2 heterocycles. The molecule has 27 heavy (non-hydrogen) atoms. The third kappa shape index (κ3) is 5.19. The van der Waals surface area contributed by atoms with Crippen molar-refractivity contribution >= 4 is 34.4 Å². The number of hydrogen-bond donors (Lipinski definition) is 2. The Bertz CT molecular complexity index is 816. The molecule has 7 nitrogen and oxygen atoms in total. The van der Waals surface area contributed by atoms with Crippen LogP contribution in [0.3, 0.4) is 0 Å². The molecule has 2 N–H and O–H groups in total. The Kier molecular flexibility index (Phi) is 5.94. The first-order valence-electron chi connectivity index (χ1n) is 8.49. The molecule has 0 aliphatic carbocycles. The second kappa shape index (κ2) is 8.38. The topological polar surface area (TPSA) is 87.2 Å². The van der Waals surface area contributed by atoms with Crippen molar-refractivity contribution in [3.05, 3.63) is 35.4 Å². The van der Waals surface area contributed by atoms with Crippen LogP contribution in [0.2, 0.25) is 0 Å². The van der Waals surface area contributed by atoms with Gasteiger partial charge in [0.1, 0.15) is 11.6 Å². The van der Waals surface area contributed by atoms with Gasteiger partial charge >= 0.3 is 0 Å². The van der Waals surface area contributed by atoms with Crippen LogP contribution in [0.5, 0.6) is 0 Å². The Balaban J connectivity index is 1.49. The number of halogens is 2. The van der Waals surface area contributed by atoms with Gasteiger partial charge in [-0.1, -0.05) is 0 Å². The van der Waals surface area contributed by atoms with Gasteiger partial charge in [0.05, 0.1) is 0 Å². The average Bonchev–Trinajstić information content (AvgIpc) is 3.07. The highest BCUT2D eigenvalue weighted by atomic mass is 32.1. The fraction of sp³-hybridized carbons (Fsp3) is 0.412. The molecule has 1 fully saturated rings. The van der Waals surface area contributed by atoms with E-state index in [4.69, 9.17) is 0 Å². The first kappa shape index (κ1) is 19.2. The lowest BCUT2D eigenvalue weighted by Crippen LogP contribution is -2.40. The van der Waals surface area contributed by atoms with E-state index >= 15 is 0 Å². The SMILES string of the molecule is CC(=O)Nc1nsc(N2CCC(C(=O)NCc3cc(F)cc(F)c3)CC2)n1. The van der Waals surface area contributed by atoms with Crippen molar-refractivity contribution in [2.75, 3.05) is 23.3 Å². The number of nitrogens with zero attached hydrogens (tertiary/aromatic N) is 3. The minimum Gasteiger partial charge on any atom is -0.352 e. The Morgan fingerprint density at radius 2 is 1.89 bits per heavy atom. The molecule has 0 atom stereocenters. The molecule has 1 aliphatic heterocycles. The molecule has 0 unspecified atom stereocenters. The van der Waals surface area contributed by atoms with E-state index in [2.05, 4.69) is 20.0 Å². The van der Waals surface area contributed by atoms with Crippen LogP contribution in [-0.4, -0.2) is 34.3 Å². The highest BCUT2D eigenvalue weighted by Crippen LogP contribution is 2.26. The number of anilines is 2. The minimum absolute atomic E-state index is 0.0875. The molecular weight excluding hydrogens is 376 g/mol. The standard InChI is InChI=1S/C17H19F2N5O2S/c1-10(25)21-16-22-17(27-23-16)24-4-2-12(3-5-24)15(26)20-9-11-6-13(18)8-14(19)7-11/h6-8,12H,2-5,9H2,1H3,(H,20,26)(H,21,23,25). The van der Waals surface area contributed by atoms with Crippen LogP contribution in [0.4, 0.5) is 19.9 Å². The molecule has 2 aromatic rings. The molecule has 0 saturated carbocycles. The van der Waals surface area contributed by atoms with Gasteiger partial charge in [0, 0.05) is 50.1 Å². The lowest BCUT2D eigenvalue weighted by atomic mass is 9.96. The van der Waals surface area contributed by atoms with Gasteiger partial charge in [0.25, 0.3) is 0 Å². The maximum Gasteiger partial charge on any atom is 0.243 e. The molecule has 2 amide bonds. The number of amides is 2.